The number of likely N-dealkylation sites (N-methyl/N-ethyl adjacent to an activating group) is 1. The number of thiophene rings is 1. The van der Waals surface area contributed by atoms with Crippen molar-refractivity contribution in [2.75, 3.05) is 27.2 Å². The van der Waals surface area contributed by atoms with E-state index in [-0.39, 0.29) is 23.9 Å². The molecule has 1 aromatic heterocycles. The van der Waals surface area contributed by atoms with E-state index in [9.17, 15) is 4.79 Å². The molecule has 3 rings (SSSR count). The number of hydrogen-bond donors (Lipinski definition) is 3. The quantitative estimate of drug-likeness (QED) is 0.750. The molecule has 0 radical (unpaired) electrons. The summed E-state index contributed by atoms with van der Waals surface area (Å²) in [5.74, 6) is -0.0247. The number of carbonyl (C=O) groups is 1. The maximum atomic E-state index is 12.7. The van der Waals surface area contributed by atoms with Gasteiger partial charge in [-0.15, -0.1) is 11.3 Å². The van der Waals surface area contributed by atoms with Gasteiger partial charge in [0, 0.05) is 18.0 Å². The van der Waals surface area contributed by atoms with Crippen molar-refractivity contribution >= 4 is 17.2 Å². The lowest BCUT2D eigenvalue weighted by molar-refractivity contribution is -0.125. The van der Waals surface area contributed by atoms with Crippen LogP contribution >= 0.6 is 11.3 Å². The standard InChI is InChI=1S/C18H24N4OS/c1-22(2)15(16-9-6-10-24-16)12-19-18(23)14-11-20-21-17(14)13-7-4-3-5-8-13/h3-10,14-15,17,20-21H,11-12H2,1-2H3,(H,19,23). The van der Waals surface area contributed by atoms with E-state index in [2.05, 4.69) is 50.7 Å². The SMILES string of the molecule is CN(C)C(CNC(=O)C1CNNC1c1ccccc1)c1cccs1. The number of rotatable bonds is 6. The average molecular weight is 344 g/mol. The Labute approximate surface area is 147 Å². The summed E-state index contributed by atoms with van der Waals surface area (Å²) in [4.78, 5) is 16.1. The van der Waals surface area contributed by atoms with Crippen LogP contribution in [0.1, 0.15) is 22.5 Å². The molecule has 128 valence electrons. The minimum Gasteiger partial charge on any atom is -0.354 e. The minimum atomic E-state index is -0.112. The minimum absolute atomic E-state index is 0.00532. The van der Waals surface area contributed by atoms with Crippen LogP contribution in [0, 0.1) is 5.92 Å². The summed E-state index contributed by atoms with van der Waals surface area (Å²) >= 11 is 1.72. The molecule has 24 heavy (non-hydrogen) atoms. The highest BCUT2D eigenvalue weighted by atomic mass is 32.1. The van der Waals surface area contributed by atoms with Crippen molar-refractivity contribution in [2.45, 2.75) is 12.1 Å². The first kappa shape index (κ1) is 17.1. The van der Waals surface area contributed by atoms with Gasteiger partial charge in [0.1, 0.15) is 0 Å². The summed E-state index contributed by atoms with van der Waals surface area (Å²) < 4.78 is 0. The Bertz CT molecular complexity index is 644. The predicted octanol–water partition coefficient (Wildman–Crippen LogP) is 1.93. The predicted molar refractivity (Wildman–Crippen MR) is 97.6 cm³/mol. The number of hydrogen-bond acceptors (Lipinski definition) is 5. The van der Waals surface area contributed by atoms with Crippen molar-refractivity contribution in [3.8, 4) is 0 Å². The van der Waals surface area contributed by atoms with Gasteiger partial charge in [-0.05, 0) is 31.1 Å². The second-order valence-corrected chi connectivity index (χ2v) is 7.24. The summed E-state index contributed by atoms with van der Waals surface area (Å²) in [6.45, 7) is 1.25. The highest BCUT2D eigenvalue weighted by molar-refractivity contribution is 7.10. The zero-order valence-electron chi connectivity index (χ0n) is 14.0. The Balaban J connectivity index is 1.64. The molecule has 6 heteroatoms. The monoisotopic (exact) mass is 344 g/mol. The molecule has 5 nitrogen and oxygen atoms in total. The Morgan fingerprint density at radius 3 is 2.75 bits per heavy atom. The number of carbonyl (C=O) groups excluding carboxylic acids is 1. The molecule has 0 aliphatic carbocycles. The highest BCUT2D eigenvalue weighted by Gasteiger charge is 2.34. The van der Waals surface area contributed by atoms with Crippen LogP contribution in [0.2, 0.25) is 0 Å². The summed E-state index contributed by atoms with van der Waals surface area (Å²) in [6, 6.07) is 14.5. The third kappa shape index (κ3) is 3.84. The molecule has 0 spiro atoms. The van der Waals surface area contributed by atoms with Gasteiger partial charge >= 0.3 is 0 Å². The largest absolute Gasteiger partial charge is 0.354 e. The first-order valence-corrected chi connectivity index (χ1v) is 9.05. The number of nitrogens with one attached hydrogen (secondary N) is 3. The molecule has 1 fully saturated rings. The Morgan fingerprint density at radius 2 is 2.08 bits per heavy atom. The highest BCUT2D eigenvalue weighted by Crippen LogP contribution is 2.26. The molecule has 1 saturated heterocycles. The molecule has 0 bridgehead atoms. The lowest BCUT2D eigenvalue weighted by Gasteiger charge is -2.25. The van der Waals surface area contributed by atoms with Gasteiger partial charge in [0.25, 0.3) is 0 Å². The maximum absolute atomic E-state index is 12.7. The molecular weight excluding hydrogens is 320 g/mol. The molecule has 2 heterocycles. The molecule has 3 unspecified atom stereocenters. The smallest absolute Gasteiger partial charge is 0.226 e. The van der Waals surface area contributed by atoms with E-state index in [4.69, 9.17) is 0 Å². The fourth-order valence-electron chi connectivity index (χ4n) is 3.06. The third-order valence-corrected chi connectivity index (χ3v) is 5.42. The number of amides is 1. The zero-order valence-corrected chi connectivity index (χ0v) is 14.8. The lowest BCUT2D eigenvalue weighted by atomic mass is 9.94. The van der Waals surface area contributed by atoms with Gasteiger partial charge in [0.05, 0.1) is 18.0 Å². The van der Waals surface area contributed by atoms with Gasteiger partial charge in [-0.2, -0.15) is 0 Å². The van der Waals surface area contributed by atoms with Crippen molar-refractivity contribution in [1.29, 1.82) is 0 Å². The van der Waals surface area contributed by atoms with Crippen LogP contribution in [-0.2, 0) is 4.79 Å². The molecule has 1 aliphatic rings. The van der Waals surface area contributed by atoms with Crippen LogP contribution in [0.3, 0.4) is 0 Å². The number of nitrogens with zero attached hydrogens (tertiary/aromatic N) is 1. The normalized spacial score (nSPS) is 21.8. The van der Waals surface area contributed by atoms with Crippen molar-refractivity contribution in [2.24, 2.45) is 5.92 Å². The van der Waals surface area contributed by atoms with E-state index in [1.165, 1.54) is 4.88 Å². The van der Waals surface area contributed by atoms with Crippen LogP contribution in [0.4, 0.5) is 0 Å². The van der Waals surface area contributed by atoms with Gasteiger partial charge in [-0.25, -0.2) is 5.43 Å². The summed E-state index contributed by atoms with van der Waals surface area (Å²) in [7, 11) is 4.09. The van der Waals surface area contributed by atoms with Crippen molar-refractivity contribution < 1.29 is 4.79 Å². The van der Waals surface area contributed by atoms with Gasteiger partial charge in [0.2, 0.25) is 5.91 Å². The van der Waals surface area contributed by atoms with Crippen LogP contribution in [0.15, 0.2) is 47.8 Å². The zero-order chi connectivity index (χ0) is 16.9. The fourth-order valence-corrected chi connectivity index (χ4v) is 3.99. The molecular formula is C18H24N4OS. The van der Waals surface area contributed by atoms with E-state index in [1.54, 1.807) is 11.3 Å². The van der Waals surface area contributed by atoms with Crippen LogP contribution in [0.5, 0.6) is 0 Å². The summed E-state index contributed by atoms with van der Waals surface area (Å²) in [5, 5.41) is 5.21. The first-order chi connectivity index (χ1) is 11.7. The Kier molecular flexibility index (Phi) is 5.63. The fraction of sp³-hybridized carbons (Fsp3) is 0.389. The molecule has 2 aromatic rings. The van der Waals surface area contributed by atoms with Gasteiger partial charge in [0.15, 0.2) is 0 Å². The van der Waals surface area contributed by atoms with E-state index in [0.717, 1.165) is 5.56 Å². The van der Waals surface area contributed by atoms with Crippen molar-refractivity contribution in [3.63, 3.8) is 0 Å². The summed E-state index contributed by atoms with van der Waals surface area (Å²) in [6.07, 6.45) is 0. The molecule has 0 saturated carbocycles. The van der Waals surface area contributed by atoms with Crippen LogP contribution in [0.25, 0.3) is 0 Å². The molecule has 1 aliphatic heterocycles. The van der Waals surface area contributed by atoms with E-state index >= 15 is 0 Å². The molecule has 1 amide bonds. The van der Waals surface area contributed by atoms with Gasteiger partial charge < -0.3 is 10.2 Å². The average Bonchev–Trinajstić information content (AvgIpc) is 3.27. The second kappa shape index (κ2) is 7.90. The van der Waals surface area contributed by atoms with Crippen molar-refractivity contribution in [1.82, 2.24) is 21.1 Å². The van der Waals surface area contributed by atoms with E-state index in [0.29, 0.717) is 13.1 Å². The molecule has 3 N–H and O–H groups in total. The maximum Gasteiger partial charge on any atom is 0.226 e. The van der Waals surface area contributed by atoms with Gasteiger partial charge in [-0.1, -0.05) is 36.4 Å². The van der Waals surface area contributed by atoms with Gasteiger partial charge in [-0.3, -0.25) is 10.2 Å². The first-order valence-electron chi connectivity index (χ1n) is 8.17. The Hall–Kier alpha value is -1.73. The lowest BCUT2D eigenvalue weighted by Crippen LogP contribution is -2.39. The topological polar surface area (TPSA) is 56.4 Å². The van der Waals surface area contributed by atoms with E-state index in [1.807, 2.05) is 32.3 Å². The number of hydrazine groups is 1. The molecule has 3 atom stereocenters. The third-order valence-electron chi connectivity index (χ3n) is 4.44. The van der Waals surface area contributed by atoms with Crippen molar-refractivity contribution in [3.05, 3.63) is 58.3 Å². The second-order valence-electron chi connectivity index (χ2n) is 6.26. The number of benzene rings is 1. The van der Waals surface area contributed by atoms with Crippen LogP contribution < -0.4 is 16.2 Å². The molecule has 1 aromatic carbocycles. The van der Waals surface area contributed by atoms with Crippen LogP contribution in [-0.4, -0.2) is 38.0 Å². The Morgan fingerprint density at radius 1 is 1.29 bits per heavy atom. The summed E-state index contributed by atoms with van der Waals surface area (Å²) in [5.41, 5.74) is 7.47. The van der Waals surface area contributed by atoms with E-state index < -0.39 is 0 Å².